The number of likely N-dealkylation sites (N-methyl/N-ethyl adjacent to an activating group) is 1. The number of nitrogens with zero attached hydrogens (tertiary/aromatic N) is 2. The van der Waals surface area contributed by atoms with Gasteiger partial charge in [-0.15, -0.1) is 0 Å². The van der Waals surface area contributed by atoms with E-state index in [4.69, 9.17) is 19.6 Å². The van der Waals surface area contributed by atoms with Crippen molar-refractivity contribution in [2.24, 2.45) is 23.7 Å². The number of quaternary nitrogens is 2. The monoisotopic (exact) mass is 939 g/mol. The maximum absolute atomic E-state index is 13.4. The molecule has 0 aliphatic heterocycles. The minimum absolute atomic E-state index is 0.0146. The Hall–Kier alpha value is -1.48. The summed E-state index contributed by atoms with van der Waals surface area (Å²) in [7, 11) is -1.08. The van der Waals surface area contributed by atoms with Crippen LogP contribution in [0.5, 0.6) is 0 Å². The van der Waals surface area contributed by atoms with Gasteiger partial charge in [-0.2, -0.15) is 0 Å². The van der Waals surface area contributed by atoms with Crippen LogP contribution in [0.3, 0.4) is 0 Å². The Morgan fingerprint density at radius 2 is 1.21 bits per heavy atom. The number of phosphoric acid groups is 2. The molecule has 370 valence electrons. The van der Waals surface area contributed by atoms with Crippen LogP contribution in [-0.4, -0.2) is 132 Å². The Labute approximate surface area is 381 Å². The predicted molar refractivity (Wildman–Crippen MR) is 252 cm³/mol. The molecule has 7 N–H and O–H groups in total. The average Bonchev–Trinajstić information content (AvgIpc) is 3.19. The summed E-state index contributed by atoms with van der Waals surface area (Å²) in [5, 5.41) is 16.3. The van der Waals surface area contributed by atoms with Gasteiger partial charge in [0.15, 0.2) is 0 Å². The van der Waals surface area contributed by atoms with Crippen LogP contribution in [0, 0.1) is 23.7 Å². The molecule has 0 heterocycles. The minimum atomic E-state index is -4.62. The third kappa shape index (κ3) is 32.8. The first-order valence-corrected chi connectivity index (χ1v) is 27.3. The second-order valence-corrected chi connectivity index (χ2v) is 21.8. The van der Waals surface area contributed by atoms with Crippen LogP contribution in [0.2, 0.25) is 0 Å². The molecule has 5 atom stereocenters. The highest BCUT2D eigenvalue weighted by Gasteiger charge is 2.35. The average molecular weight is 939 g/mol. The SMILES string of the molecule is CCCCCCC1C=CC(CC(=O)NCCC[N+](C)(C)CCCOP(=O)(O)O)C(/C=C\CCCCCCCC(=O)NCCC[N+](C)(C)CC(O)COP(=O)(O)O)C1CCCCCC. The van der Waals surface area contributed by atoms with Gasteiger partial charge < -0.3 is 44.3 Å². The van der Waals surface area contributed by atoms with Gasteiger partial charge in [-0.05, 0) is 55.8 Å². The predicted octanol–water partition coefficient (Wildman–Crippen LogP) is 7.77. The first-order chi connectivity index (χ1) is 29.7. The zero-order valence-corrected chi connectivity index (χ0v) is 42.0. The fraction of sp³-hybridized carbons (Fsp3) is 0.870. The van der Waals surface area contributed by atoms with Crippen molar-refractivity contribution in [3.8, 4) is 0 Å². The zero-order chi connectivity index (χ0) is 47.2. The molecule has 0 fully saturated rings. The molecule has 5 unspecified atom stereocenters. The summed E-state index contributed by atoms with van der Waals surface area (Å²) >= 11 is 0. The quantitative estimate of drug-likeness (QED) is 0.0137. The van der Waals surface area contributed by atoms with Gasteiger partial charge in [0.2, 0.25) is 11.8 Å². The van der Waals surface area contributed by atoms with E-state index in [2.05, 4.69) is 71.9 Å². The number of carbonyl (C=O) groups is 2. The van der Waals surface area contributed by atoms with Crippen molar-refractivity contribution in [2.75, 3.05) is 80.7 Å². The van der Waals surface area contributed by atoms with Gasteiger partial charge >= 0.3 is 15.6 Å². The number of amides is 2. The van der Waals surface area contributed by atoms with Gasteiger partial charge in [-0.3, -0.25) is 18.6 Å². The van der Waals surface area contributed by atoms with Crippen molar-refractivity contribution < 1.29 is 61.4 Å². The number of allylic oxidation sites excluding steroid dienone is 4. The molecule has 1 aliphatic rings. The van der Waals surface area contributed by atoms with Gasteiger partial charge in [0.1, 0.15) is 12.6 Å². The smallest absolute Gasteiger partial charge is 0.385 e. The highest BCUT2D eigenvalue weighted by Crippen LogP contribution is 2.42. The Bertz CT molecular complexity index is 1390. The standard InChI is InChI=1S/C46H90N4O11P2/c1-7-9-11-18-25-40-29-30-41(37-46(53)48-32-22-33-49(3,4)35-24-36-60-62(54,55)56)44(43(40)26-19-12-10-8-2)27-20-16-14-13-15-17-21-28-45(52)47-31-23-34-50(5,6)38-42(51)39-61-63(57,58)59/h20,27,29-30,40-44,51H,7-19,21-26,28,31-39H2,1-6H3,(H4-2,47,48,52,53,54,55,56,57,58,59)/p+2/b27-20-. The topological polar surface area (TPSA) is 212 Å². The molecule has 2 amide bonds. The maximum atomic E-state index is 13.4. The maximum Gasteiger partial charge on any atom is 0.469 e. The summed E-state index contributed by atoms with van der Waals surface area (Å²) in [5.41, 5.74) is 0. The molecule has 0 bridgehead atoms. The Morgan fingerprint density at radius 1 is 0.667 bits per heavy atom. The fourth-order valence-corrected chi connectivity index (χ4v) is 9.57. The normalized spacial score (nSPS) is 19.2. The van der Waals surface area contributed by atoms with Gasteiger partial charge in [-0.25, -0.2) is 9.13 Å². The van der Waals surface area contributed by atoms with Crippen molar-refractivity contribution in [2.45, 2.75) is 155 Å². The van der Waals surface area contributed by atoms with Crippen molar-refractivity contribution in [1.82, 2.24) is 10.6 Å². The molecule has 17 heteroatoms. The van der Waals surface area contributed by atoms with E-state index in [9.17, 15) is 23.8 Å². The van der Waals surface area contributed by atoms with Gasteiger partial charge in [-0.1, -0.05) is 109 Å². The van der Waals surface area contributed by atoms with E-state index in [-0.39, 0.29) is 30.9 Å². The van der Waals surface area contributed by atoms with Crippen LogP contribution in [0.15, 0.2) is 24.3 Å². The number of aliphatic hydroxyl groups excluding tert-OH is 1. The number of hydrogen-bond donors (Lipinski definition) is 7. The number of carbonyl (C=O) groups excluding carboxylic acids is 2. The van der Waals surface area contributed by atoms with E-state index < -0.39 is 28.4 Å². The number of phosphoric ester groups is 2. The van der Waals surface area contributed by atoms with Crippen LogP contribution < -0.4 is 10.6 Å². The van der Waals surface area contributed by atoms with Gasteiger partial charge in [0, 0.05) is 45.2 Å². The summed E-state index contributed by atoms with van der Waals surface area (Å²) in [4.78, 5) is 61.4. The lowest BCUT2D eigenvalue weighted by molar-refractivity contribution is -0.893. The number of unbranched alkanes of at least 4 members (excludes halogenated alkanes) is 11. The van der Waals surface area contributed by atoms with Gasteiger partial charge in [0.25, 0.3) is 0 Å². The highest BCUT2D eigenvalue weighted by atomic mass is 31.2. The molecular formula is C46H92N4O11P2+2. The van der Waals surface area contributed by atoms with Crippen LogP contribution in [0.4, 0.5) is 0 Å². The minimum Gasteiger partial charge on any atom is -0.385 e. The van der Waals surface area contributed by atoms with Crippen molar-refractivity contribution in [1.29, 1.82) is 0 Å². The van der Waals surface area contributed by atoms with Crippen molar-refractivity contribution in [3.63, 3.8) is 0 Å². The summed E-state index contributed by atoms with van der Waals surface area (Å²) < 4.78 is 32.0. The molecule has 63 heavy (non-hydrogen) atoms. The lowest BCUT2D eigenvalue weighted by Crippen LogP contribution is -2.47. The third-order valence-electron chi connectivity index (χ3n) is 12.3. The van der Waals surface area contributed by atoms with Crippen LogP contribution in [0.25, 0.3) is 0 Å². The number of nitrogens with one attached hydrogen (secondary N) is 2. The number of hydrogen-bond acceptors (Lipinski definition) is 7. The lowest BCUT2D eigenvalue weighted by Gasteiger charge is -2.39. The van der Waals surface area contributed by atoms with Crippen molar-refractivity contribution in [3.05, 3.63) is 24.3 Å². The van der Waals surface area contributed by atoms with E-state index >= 15 is 0 Å². The molecule has 0 saturated carbocycles. The second kappa shape index (κ2) is 33.1. The molecule has 1 aliphatic carbocycles. The summed E-state index contributed by atoms with van der Waals surface area (Å²) in [6.07, 6.45) is 30.2. The van der Waals surface area contributed by atoms with E-state index in [1.165, 1.54) is 64.2 Å². The molecule has 1 rings (SSSR count). The van der Waals surface area contributed by atoms with E-state index in [0.717, 1.165) is 58.0 Å². The highest BCUT2D eigenvalue weighted by molar-refractivity contribution is 7.46. The van der Waals surface area contributed by atoms with E-state index in [1.807, 2.05) is 14.1 Å². The summed E-state index contributed by atoms with van der Waals surface area (Å²) in [5.74, 6) is 1.70. The van der Waals surface area contributed by atoms with Crippen LogP contribution in [0.1, 0.15) is 149 Å². The van der Waals surface area contributed by atoms with Crippen molar-refractivity contribution >= 4 is 27.5 Å². The summed E-state index contributed by atoms with van der Waals surface area (Å²) in [6.45, 7) is 7.73. The Balaban J connectivity index is 2.65. The van der Waals surface area contributed by atoms with Crippen LogP contribution >= 0.6 is 15.6 Å². The Kier molecular flexibility index (Phi) is 31.3. The zero-order valence-electron chi connectivity index (χ0n) is 40.2. The largest absolute Gasteiger partial charge is 0.469 e. The fourth-order valence-electron chi connectivity index (χ4n) is 8.84. The second-order valence-electron chi connectivity index (χ2n) is 19.3. The third-order valence-corrected chi connectivity index (χ3v) is 13.3. The molecule has 0 saturated heterocycles. The lowest BCUT2D eigenvalue weighted by atomic mass is 9.66. The molecule has 15 nitrogen and oxygen atoms in total. The number of aliphatic hydroxyl groups is 1. The molecule has 0 radical (unpaired) electrons. The van der Waals surface area contributed by atoms with E-state index in [0.29, 0.717) is 72.0 Å². The van der Waals surface area contributed by atoms with Gasteiger partial charge in [0.05, 0.1) is 61.0 Å². The molecule has 0 aromatic rings. The van der Waals surface area contributed by atoms with E-state index in [1.54, 1.807) is 0 Å². The molecular weight excluding hydrogens is 846 g/mol. The van der Waals surface area contributed by atoms with Crippen LogP contribution in [-0.2, 0) is 27.8 Å². The molecule has 0 aromatic heterocycles. The summed E-state index contributed by atoms with van der Waals surface area (Å²) in [6, 6.07) is 0. The first kappa shape index (κ1) is 59.5. The Morgan fingerprint density at radius 3 is 1.84 bits per heavy atom. The number of rotatable bonds is 39. The molecule has 0 spiro atoms. The first-order valence-electron chi connectivity index (χ1n) is 24.3. The molecule has 0 aromatic carbocycles.